The fraction of sp³-hybridized carbons (Fsp3) is 0.520. The summed E-state index contributed by atoms with van der Waals surface area (Å²) in [4.78, 5) is 21.1. The third-order valence-electron chi connectivity index (χ3n) is 5.90. The Bertz CT molecular complexity index is 995. The van der Waals surface area contributed by atoms with Crippen molar-refractivity contribution in [2.24, 2.45) is 10.4 Å². The minimum absolute atomic E-state index is 0.0200. The number of hydrogen-bond donors (Lipinski definition) is 2. The Hall–Kier alpha value is -2.56. The van der Waals surface area contributed by atoms with E-state index >= 15 is 0 Å². The molecule has 1 aromatic carbocycles. The van der Waals surface area contributed by atoms with Crippen molar-refractivity contribution in [3.63, 3.8) is 0 Å². The molecule has 0 saturated heterocycles. The van der Waals surface area contributed by atoms with E-state index in [0.29, 0.717) is 31.4 Å². The smallest absolute Gasteiger partial charge is 0.168 e. The average molecular weight is 411 g/mol. The number of H-pyrrole nitrogens is 1. The maximum Gasteiger partial charge on any atom is 0.168 e. The summed E-state index contributed by atoms with van der Waals surface area (Å²) >= 11 is 0. The number of aliphatic imine (C=N–C) groups is 1. The number of ketones is 1. The maximum absolute atomic E-state index is 12.8. The third kappa shape index (κ3) is 4.77. The highest BCUT2D eigenvalue weighted by atomic mass is 16.5. The number of carbonyl (C=O) groups excluding carboxylic acids is 1. The number of allylic oxidation sites excluding steroid dienone is 2. The minimum Gasteiger partial charge on any atom is -0.511 e. The average Bonchev–Trinajstić information content (AvgIpc) is 2.99. The number of unbranched alkanes of at least 4 members (excludes halogenated alkanes) is 1. The van der Waals surface area contributed by atoms with Gasteiger partial charge in [-0.25, -0.2) is 0 Å². The van der Waals surface area contributed by atoms with E-state index in [1.165, 1.54) is 5.56 Å². The molecule has 1 saturated carbocycles. The number of aliphatic hydroxyl groups excluding tert-OH is 1. The van der Waals surface area contributed by atoms with Gasteiger partial charge < -0.3 is 14.8 Å². The Kier molecular flexibility index (Phi) is 6.69. The van der Waals surface area contributed by atoms with Gasteiger partial charge in [-0.1, -0.05) is 27.2 Å². The van der Waals surface area contributed by atoms with Crippen molar-refractivity contribution >= 4 is 22.4 Å². The van der Waals surface area contributed by atoms with E-state index in [9.17, 15) is 9.90 Å². The van der Waals surface area contributed by atoms with Crippen molar-refractivity contribution in [3.8, 4) is 5.75 Å². The van der Waals surface area contributed by atoms with Gasteiger partial charge in [0.25, 0.3) is 0 Å². The van der Waals surface area contributed by atoms with Crippen LogP contribution in [0.25, 0.3) is 10.9 Å². The van der Waals surface area contributed by atoms with Crippen LogP contribution in [-0.2, 0) is 11.2 Å². The summed E-state index contributed by atoms with van der Waals surface area (Å²) in [6.07, 6.45) is 4.32. The van der Waals surface area contributed by atoms with E-state index in [1.807, 2.05) is 12.1 Å². The Balaban J connectivity index is 1.88. The number of benzene rings is 1. The SMILES string of the molecule is CCCCC(O)=C1C(=O)CC(C)(C)CC1=NCCc1c(C)[nH]c2ccc(OC)cc12. The molecular weight excluding hydrogens is 376 g/mol. The van der Waals surface area contributed by atoms with Crippen LogP contribution >= 0.6 is 0 Å². The molecule has 1 heterocycles. The lowest BCUT2D eigenvalue weighted by molar-refractivity contribution is -0.117. The number of carbonyl (C=O) groups is 1. The molecule has 0 bridgehead atoms. The topological polar surface area (TPSA) is 74.7 Å². The molecule has 3 rings (SSSR count). The summed E-state index contributed by atoms with van der Waals surface area (Å²) in [6.45, 7) is 8.92. The number of aryl methyl sites for hydroxylation is 1. The zero-order chi connectivity index (χ0) is 21.9. The van der Waals surface area contributed by atoms with Crippen molar-refractivity contribution in [1.82, 2.24) is 4.98 Å². The molecule has 5 heteroatoms. The highest BCUT2D eigenvalue weighted by Gasteiger charge is 2.35. The lowest BCUT2D eigenvalue weighted by atomic mass is 9.73. The van der Waals surface area contributed by atoms with Gasteiger partial charge in [-0.3, -0.25) is 9.79 Å². The summed E-state index contributed by atoms with van der Waals surface area (Å²) in [5.41, 5.74) is 4.53. The Morgan fingerprint density at radius 2 is 2.07 bits per heavy atom. The van der Waals surface area contributed by atoms with Gasteiger partial charge in [0.2, 0.25) is 0 Å². The number of aromatic nitrogens is 1. The lowest BCUT2D eigenvalue weighted by Crippen LogP contribution is -2.33. The summed E-state index contributed by atoms with van der Waals surface area (Å²) in [5, 5.41) is 11.7. The molecule has 1 aliphatic rings. The summed E-state index contributed by atoms with van der Waals surface area (Å²) < 4.78 is 5.38. The van der Waals surface area contributed by atoms with Crippen molar-refractivity contribution in [3.05, 3.63) is 40.8 Å². The Morgan fingerprint density at radius 3 is 2.77 bits per heavy atom. The Morgan fingerprint density at radius 1 is 1.30 bits per heavy atom. The van der Waals surface area contributed by atoms with Crippen LogP contribution in [0.3, 0.4) is 0 Å². The van der Waals surface area contributed by atoms with Gasteiger partial charge in [0.1, 0.15) is 11.5 Å². The van der Waals surface area contributed by atoms with Crippen molar-refractivity contribution in [2.45, 2.75) is 66.2 Å². The fourth-order valence-electron chi connectivity index (χ4n) is 4.33. The number of Topliss-reactive ketones (excluding diaryl/α,β-unsaturated/α-hetero) is 1. The van der Waals surface area contributed by atoms with Crippen LogP contribution in [-0.4, -0.2) is 35.2 Å². The zero-order valence-corrected chi connectivity index (χ0v) is 18.9. The van der Waals surface area contributed by atoms with Crippen LogP contribution in [0.4, 0.5) is 0 Å². The van der Waals surface area contributed by atoms with Crippen LogP contribution in [0.1, 0.15) is 64.1 Å². The van der Waals surface area contributed by atoms with E-state index in [-0.39, 0.29) is 17.0 Å². The van der Waals surface area contributed by atoms with Gasteiger partial charge in [0.05, 0.1) is 12.7 Å². The fourth-order valence-corrected chi connectivity index (χ4v) is 4.33. The molecule has 1 aromatic heterocycles. The van der Waals surface area contributed by atoms with Gasteiger partial charge >= 0.3 is 0 Å². The van der Waals surface area contributed by atoms with Gasteiger partial charge in [0, 0.05) is 41.7 Å². The number of aliphatic hydroxyl groups is 1. The van der Waals surface area contributed by atoms with Crippen molar-refractivity contribution < 1.29 is 14.6 Å². The van der Waals surface area contributed by atoms with Crippen LogP contribution in [0.15, 0.2) is 34.5 Å². The summed E-state index contributed by atoms with van der Waals surface area (Å²) in [6, 6.07) is 6.04. The van der Waals surface area contributed by atoms with Crippen molar-refractivity contribution in [1.29, 1.82) is 0 Å². The van der Waals surface area contributed by atoms with Crippen molar-refractivity contribution in [2.75, 3.05) is 13.7 Å². The standard InChI is InChI=1S/C25H34N2O3/c1-6-7-8-22(28)24-21(14-25(3,4)15-23(24)29)26-12-11-18-16(2)27-20-10-9-17(30-5)13-19(18)20/h9-10,13,27-28H,6-8,11-12,14-15H2,1-5H3. The van der Waals surface area contributed by atoms with E-state index in [4.69, 9.17) is 9.73 Å². The van der Waals surface area contributed by atoms with E-state index in [1.54, 1.807) is 7.11 Å². The molecular formula is C25H34N2O3. The molecule has 0 spiro atoms. The quantitative estimate of drug-likeness (QED) is 0.443. The lowest BCUT2D eigenvalue weighted by Gasteiger charge is -2.31. The molecule has 2 aromatic rings. The second-order valence-corrected chi connectivity index (χ2v) is 9.08. The first-order valence-corrected chi connectivity index (χ1v) is 10.9. The van der Waals surface area contributed by atoms with E-state index in [2.05, 4.69) is 38.7 Å². The van der Waals surface area contributed by atoms with Gasteiger partial charge in [-0.2, -0.15) is 0 Å². The Labute approximate surface area is 179 Å². The van der Waals surface area contributed by atoms with Gasteiger partial charge in [-0.05, 0) is 55.4 Å². The third-order valence-corrected chi connectivity index (χ3v) is 5.90. The highest BCUT2D eigenvalue weighted by molar-refractivity contribution is 6.24. The highest BCUT2D eigenvalue weighted by Crippen LogP contribution is 2.36. The number of fused-ring (bicyclic) bond motifs is 1. The number of methoxy groups -OCH3 is 1. The molecule has 0 radical (unpaired) electrons. The molecule has 1 aliphatic carbocycles. The summed E-state index contributed by atoms with van der Waals surface area (Å²) in [7, 11) is 1.67. The van der Waals surface area contributed by atoms with Gasteiger partial charge in [0.15, 0.2) is 5.78 Å². The van der Waals surface area contributed by atoms with Crippen LogP contribution < -0.4 is 4.74 Å². The number of aromatic amines is 1. The second-order valence-electron chi connectivity index (χ2n) is 9.08. The monoisotopic (exact) mass is 410 g/mol. The number of nitrogens with one attached hydrogen (secondary N) is 1. The molecule has 0 aliphatic heterocycles. The molecule has 2 N–H and O–H groups in total. The predicted molar refractivity (Wildman–Crippen MR) is 123 cm³/mol. The van der Waals surface area contributed by atoms with Crippen LogP contribution in [0, 0.1) is 12.3 Å². The molecule has 5 nitrogen and oxygen atoms in total. The molecule has 162 valence electrons. The first kappa shape index (κ1) is 22.1. The normalized spacial score (nSPS) is 19.5. The number of rotatable bonds is 7. The zero-order valence-electron chi connectivity index (χ0n) is 18.9. The van der Waals surface area contributed by atoms with E-state index < -0.39 is 0 Å². The maximum atomic E-state index is 12.8. The first-order valence-electron chi connectivity index (χ1n) is 10.9. The van der Waals surface area contributed by atoms with Crippen LogP contribution in [0.2, 0.25) is 0 Å². The van der Waals surface area contributed by atoms with Gasteiger partial charge in [-0.15, -0.1) is 0 Å². The number of ether oxygens (including phenoxy) is 1. The number of nitrogens with zero attached hydrogens (tertiary/aromatic N) is 1. The molecule has 1 fully saturated rings. The predicted octanol–water partition coefficient (Wildman–Crippen LogP) is 5.86. The summed E-state index contributed by atoms with van der Waals surface area (Å²) in [5.74, 6) is 1.07. The van der Waals surface area contributed by atoms with E-state index in [0.717, 1.165) is 47.3 Å². The molecule has 0 atom stereocenters. The largest absolute Gasteiger partial charge is 0.511 e. The second kappa shape index (κ2) is 9.07. The molecule has 0 unspecified atom stereocenters. The van der Waals surface area contributed by atoms with Crippen LogP contribution in [0.5, 0.6) is 5.75 Å². The first-order chi connectivity index (χ1) is 14.3. The minimum atomic E-state index is -0.130. The number of hydrogen-bond acceptors (Lipinski definition) is 4. The molecule has 0 amide bonds. The molecule has 30 heavy (non-hydrogen) atoms.